The lowest BCUT2D eigenvalue weighted by atomic mass is 9.76. The van der Waals surface area contributed by atoms with E-state index < -0.39 is 0 Å². The number of ketones is 1. The number of rotatable bonds is 8. The van der Waals surface area contributed by atoms with Crippen molar-refractivity contribution in [2.75, 3.05) is 65.1 Å². The first-order valence-electron chi connectivity index (χ1n) is 18.6. The quantitative estimate of drug-likeness (QED) is 0.180. The molecular formula is C40H55Cl3N6OS2. The molecule has 4 fully saturated rings. The van der Waals surface area contributed by atoms with Gasteiger partial charge in [0.15, 0.2) is 16.0 Å². The van der Waals surface area contributed by atoms with Crippen molar-refractivity contribution in [1.82, 2.24) is 19.7 Å². The molecule has 2 saturated carbocycles. The number of hydrogen-bond donors (Lipinski definition) is 1. The average molecular weight is 806 g/mol. The van der Waals surface area contributed by atoms with Gasteiger partial charge in [-0.25, -0.2) is 4.98 Å². The van der Waals surface area contributed by atoms with Gasteiger partial charge in [0.05, 0.1) is 17.0 Å². The summed E-state index contributed by atoms with van der Waals surface area (Å²) in [6.07, 6.45) is 11.4. The third kappa shape index (κ3) is 9.63. The fraction of sp³-hybridized carbons (Fsp3) is 0.575. The van der Waals surface area contributed by atoms with Crippen LogP contribution in [0.1, 0.15) is 81.0 Å². The van der Waals surface area contributed by atoms with Crippen LogP contribution in [-0.2, 0) is 15.6 Å². The van der Waals surface area contributed by atoms with Crippen molar-refractivity contribution in [3.05, 3.63) is 80.8 Å². The summed E-state index contributed by atoms with van der Waals surface area (Å²) in [7, 11) is 8.49. The third-order valence-electron chi connectivity index (χ3n) is 11.8. The molecule has 3 aromatic rings. The fourth-order valence-corrected chi connectivity index (χ4v) is 10.1. The number of likely N-dealkylation sites (tertiary alicyclic amines) is 2. The maximum absolute atomic E-state index is 12.1. The molecule has 7 rings (SSSR count). The van der Waals surface area contributed by atoms with Crippen LogP contribution in [-0.4, -0.2) is 103 Å². The lowest BCUT2D eigenvalue weighted by molar-refractivity contribution is -0.122. The van der Waals surface area contributed by atoms with Crippen molar-refractivity contribution in [2.24, 2.45) is 5.73 Å². The standard InChI is InChI=1S/C20H26ClN3S.C13H14Cl2O.C7H15N3S/c1-23-12-9-17(13-23)24(2)19-22-18(14-25-19)20(10-3-4-11-20)15-5-7-16(21)8-6-15;14-9-12(16)13(7-1-2-8-13)10-3-5-11(15)6-4-10;1-9-4-3-6(5-9)10(2)7(8)11/h5-8,14,17H,3-4,9-13H2,1-2H3;3-6H,1-2,7-9H2;6H,3-5H2,1-2H3,(H2,8,11). The zero-order valence-electron chi connectivity index (χ0n) is 31.1. The third-order valence-corrected chi connectivity index (χ3v) is 13.8. The number of halogens is 3. The second-order valence-electron chi connectivity index (χ2n) is 15.1. The monoisotopic (exact) mass is 804 g/mol. The molecule has 284 valence electrons. The van der Waals surface area contributed by atoms with Gasteiger partial charge in [0, 0.05) is 60.1 Å². The smallest absolute Gasteiger partial charge is 0.185 e. The highest BCUT2D eigenvalue weighted by Gasteiger charge is 2.42. The summed E-state index contributed by atoms with van der Waals surface area (Å²) in [5.74, 6) is 0.247. The van der Waals surface area contributed by atoms with E-state index in [9.17, 15) is 4.79 Å². The number of thiocarbonyl (C=S) groups is 1. The van der Waals surface area contributed by atoms with E-state index in [1.165, 1.54) is 56.3 Å². The number of carbonyl (C=O) groups is 1. The second-order valence-corrected chi connectivity index (χ2v) is 17.5. The zero-order chi connectivity index (χ0) is 37.5. The van der Waals surface area contributed by atoms with E-state index in [1.54, 1.807) is 11.3 Å². The molecule has 2 aliphatic carbocycles. The number of hydrogen-bond acceptors (Lipinski definition) is 7. The summed E-state index contributed by atoms with van der Waals surface area (Å²) >= 11 is 24.4. The normalized spacial score (nSPS) is 22.3. The Morgan fingerprint density at radius 2 is 1.37 bits per heavy atom. The predicted octanol–water partition coefficient (Wildman–Crippen LogP) is 8.62. The Balaban J connectivity index is 0.000000166. The summed E-state index contributed by atoms with van der Waals surface area (Å²) < 4.78 is 0. The molecule has 0 spiro atoms. The number of alkyl halides is 1. The van der Waals surface area contributed by atoms with Crippen molar-refractivity contribution in [3.63, 3.8) is 0 Å². The Labute approximate surface area is 335 Å². The van der Waals surface area contributed by atoms with E-state index in [4.69, 9.17) is 57.7 Å². The molecule has 2 saturated heterocycles. The molecule has 4 aliphatic rings. The minimum absolute atomic E-state index is 0.0760. The molecule has 52 heavy (non-hydrogen) atoms. The van der Waals surface area contributed by atoms with Gasteiger partial charge >= 0.3 is 0 Å². The summed E-state index contributed by atoms with van der Waals surface area (Å²) in [5, 5.41) is 5.47. The van der Waals surface area contributed by atoms with Crippen LogP contribution in [0.2, 0.25) is 10.0 Å². The van der Waals surface area contributed by atoms with E-state index in [2.05, 4.69) is 53.4 Å². The van der Waals surface area contributed by atoms with Gasteiger partial charge < -0.3 is 25.3 Å². The highest BCUT2D eigenvalue weighted by atomic mass is 35.5. The number of anilines is 1. The van der Waals surface area contributed by atoms with Gasteiger partial charge in [0.1, 0.15) is 0 Å². The molecule has 2 atom stereocenters. The van der Waals surface area contributed by atoms with Crippen LogP contribution in [0.15, 0.2) is 53.9 Å². The summed E-state index contributed by atoms with van der Waals surface area (Å²) in [5.41, 5.74) is 8.93. The molecular weight excluding hydrogens is 751 g/mol. The highest BCUT2D eigenvalue weighted by molar-refractivity contribution is 7.80. The van der Waals surface area contributed by atoms with Gasteiger partial charge in [-0.1, -0.05) is 73.2 Å². The molecule has 0 bridgehead atoms. The molecule has 2 aliphatic heterocycles. The number of Topliss-reactive ketones (excluding diaryl/α,β-unsaturated/α-hetero) is 1. The second kappa shape index (κ2) is 18.6. The van der Waals surface area contributed by atoms with E-state index >= 15 is 0 Å². The van der Waals surface area contributed by atoms with Gasteiger partial charge in [-0.05, 0) is 113 Å². The largest absolute Gasteiger partial charge is 0.376 e. The van der Waals surface area contributed by atoms with Crippen LogP contribution >= 0.6 is 58.4 Å². The number of nitrogens with two attached hydrogens (primary N) is 1. The molecule has 2 N–H and O–H groups in total. The first-order chi connectivity index (χ1) is 24.9. The van der Waals surface area contributed by atoms with E-state index in [0.717, 1.165) is 61.0 Å². The Bertz CT molecular complexity index is 1610. The summed E-state index contributed by atoms with van der Waals surface area (Å²) in [6, 6.07) is 17.1. The molecule has 0 amide bonds. The summed E-state index contributed by atoms with van der Waals surface area (Å²) in [6.45, 7) is 4.54. The number of aromatic nitrogens is 1. The zero-order valence-corrected chi connectivity index (χ0v) is 35.0. The first-order valence-corrected chi connectivity index (χ1v) is 21.2. The number of benzene rings is 2. The number of likely N-dealkylation sites (N-methyl/N-ethyl adjacent to an activating group) is 4. The van der Waals surface area contributed by atoms with Crippen molar-refractivity contribution in [1.29, 1.82) is 0 Å². The summed E-state index contributed by atoms with van der Waals surface area (Å²) in [4.78, 5) is 26.3. The molecule has 3 heterocycles. The predicted molar refractivity (Wildman–Crippen MR) is 225 cm³/mol. The van der Waals surface area contributed by atoms with E-state index in [-0.39, 0.29) is 22.5 Å². The first kappa shape index (κ1) is 41.2. The van der Waals surface area contributed by atoms with Crippen molar-refractivity contribution in [2.45, 2.75) is 87.1 Å². The maximum atomic E-state index is 12.1. The minimum Gasteiger partial charge on any atom is -0.376 e. The minimum atomic E-state index is -0.341. The van der Waals surface area contributed by atoms with Crippen molar-refractivity contribution >= 4 is 74.4 Å². The van der Waals surface area contributed by atoms with E-state index in [1.807, 2.05) is 48.3 Å². The number of thiazole rings is 1. The molecule has 7 nitrogen and oxygen atoms in total. The van der Waals surface area contributed by atoms with Gasteiger partial charge in [0.2, 0.25) is 0 Å². The van der Waals surface area contributed by atoms with Crippen LogP contribution in [0.5, 0.6) is 0 Å². The molecule has 12 heteroatoms. The number of nitrogens with zero attached hydrogens (tertiary/aromatic N) is 5. The van der Waals surface area contributed by atoms with Gasteiger partial charge in [0.25, 0.3) is 0 Å². The van der Waals surface area contributed by atoms with Crippen LogP contribution in [0.4, 0.5) is 5.13 Å². The van der Waals surface area contributed by atoms with Crippen LogP contribution in [0.3, 0.4) is 0 Å². The average Bonchev–Trinajstić information content (AvgIpc) is 3.99. The highest BCUT2D eigenvalue weighted by Crippen LogP contribution is 2.47. The lowest BCUT2D eigenvalue weighted by Gasteiger charge is -2.28. The Kier molecular flexibility index (Phi) is 14.7. The molecule has 2 aromatic carbocycles. The van der Waals surface area contributed by atoms with Gasteiger partial charge in [-0.15, -0.1) is 22.9 Å². The Hall–Kier alpha value is -1.98. The van der Waals surface area contributed by atoms with Gasteiger partial charge in [-0.3, -0.25) is 4.79 Å². The molecule has 1 aromatic heterocycles. The van der Waals surface area contributed by atoms with E-state index in [0.29, 0.717) is 22.2 Å². The maximum Gasteiger partial charge on any atom is 0.185 e. The topological polar surface area (TPSA) is 68.9 Å². The fourth-order valence-electron chi connectivity index (χ4n) is 8.48. The van der Waals surface area contributed by atoms with Crippen LogP contribution in [0.25, 0.3) is 0 Å². The van der Waals surface area contributed by atoms with Crippen molar-refractivity contribution in [3.8, 4) is 0 Å². The Morgan fingerprint density at radius 3 is 1.85 bits per heavy atom. The Morgan fingerprint density at radius 1 is 0.865 bits per heavy atom. The lowest BCUT2D eigenvalue weighted by Crippen LogP contribution is -2.41. The van der Waals surface area contributed by atoms with Gasteiger partial charge in [-0.2, -0.15) is 0 Å². The van der Waals surface area contributed by atoms with Crippen LogP contribution in [0, 0.1) is 0 Å². The SMILES string of the molecule is CN1CCC(N(C)C(N)=S)C1.CN1CCC(N(C)c2nc(C3(c4ccc(Cl)cc4)CCCC3)cs2)C1.O=C(CCl)C1(c2ccc(Cl)cc2)CCCC1. The van der Waals surface area contributed by atoms with Crippen molar-refractivity contribution < 1.29 is 4.79 Å². The number of carbonyl (C=O) groups excluding carboxylic acids is 1. The molecule has 0 radical (unpaired) electrons. The molecule has 2 unspecified atom stereocenters. The van der Waals surface area contributed by atoms with Crippen LogP contribution < -0.4 is 10.6 Å².